The highest BCUT2D eigenvalue weighted by Crippen LogP contribution is 2.26. The zero-order valence-corrected chi connectivity index (χ0v) is 12.4. The van der Waals surface area contributed by atoms with Crippen molar-refractivity contribution in [1.82, 2.24) is 0 Å². The third kappa shape index (κ3) is 2.94. The van der Waals surface area contributed by atoms with Crippen LogP contribution in [0.2, 0.25) is 0 Å². The van der Waals surface area contributed by atoms with Crippen LogP contribution in [0.25, 0.3) is 0 Å². The van der Waals surface area contributed by atoms with Crippen molar-refractivity contribution < 1.29 is 0 Å². The van der Waals surface area contributed by atoms with Crippen LogP contribution in [0, 0.1) is 13.8 Å². The summed E-state index contributed by atoms with van der Waals surface area (Å²) in [6.45, 7) is 9.76. The molecule has 0 aliphatic heterocycles. The van der Waals surface area contributed by atoms with Crippen molar-refractivity contribution in [2.45, 2.75) is 40.2 Å². The van der Waals surface area contributed by atoms with E-state index in [0.717, 1.165) is 6.54 Å². The molecule has 0 aliphatic carbocycles. The SMILES string of the molecule is Cc1cc(CNc2ccccc2C(C)C)c(C)s1. The Balaban J connectivity index is 2.13. The largest absolute Gasteiger partial charge is 0.381 e. The van der Waals surface area contributed by atoms with E-state index in [0.29, 0.717) is 5.92 Å². The van der Waals surface area contributed by atoms with Crippen LogP contribution in [0.15, 0.2) is 30.3 Å². The zero-order valence-electron chi connectivity index (χ0n) is 11.6. The number of nitrogens with one attached hydrogen (secondary N) is 1. The molecule has 0 fully saturated rings. The second-order valence-electron chi connectivity index (χ2n) is 5.03. The predicted molar refractivity (Wildman–Crippen MR) is 81.7 cm³/mol. The van der Waals surface area contributed by atoms with Gasteiger partial charge in [0.05, 0.1) is 0 Å². The van der Waals surface area contributed by atoms with Crippen molar-refractivity contribution in [1.29, 1.82) is 0 Å². The number of para-hydroxylation sites is 1. The lowest BCUT2D eigenvalue weighted by Gasteiger charge is -2.14. The molecule has 18 heavy (non-hydrogen) atoms. The maximum atomic E-state index is 3.57. The van der Waals surface area contributed by atoms with Gasteiger partial charge in [0.15, 0.2) is 0 Å². The van der Waals surface area contributed by atoms with E-state index in [-0.39, 0.29) is 0 Å². The van der Waals surface area contributed by atoms with Crippen molar-refractivity contribution in [2.75, 3.05) is 5.32 Å². The molecule has 0 amide bonds. The van der Waals surface area contributed by atoms with Crippen molar-refractivity contribution in [3.63, 3.8) is 0 Å². The first-order chi connectivity index (χ1) is 8.58. The molecule has 0 radical (unpaired) electrons. The van der Waals surface area contributed by atoms with Gasteiger partial charge >= 0.3 is 0 Å². The molecule has 0 atom stereocenters. The molecule has 1 N–H and O–H groups in total. The number of hydrogen-bond donors (Lipinski definition) is 1. The van der Waals surface area contributed by atoms with E-state index in [4.69, 9.17) is 0 Å². The van der Waals surface area contributed by atoms with Crippen LogP contribution >= 0.6 is 11.3 Å². The van der Waals surface area contributed by atoms with E-state index in [1.807, 2.05) is 11.3 Å². The van der Waals surface area contributed by atoms with E-state index in [2.05, 4.69) is 63.3 Å². The monoisotopic (exact) mass is 259 g/mol. The Morgan fingerprint density at radius 2 is 1.89 bits per heavy atom. The van der Waals surface area contributed by atoms with Gasteiger partial charge in [0.25, 0.3) is 0 Å². The lowest BCUT2D eigenvalue weighted by Crippen LogP contribution is -2.03. The van der Waals surface area contributed by atoms with E-state index in [1.54, 1.807) is 0 Å². The molecule has 1 nitrogen and oxygen atoms in total. The normalized spacial score (nSPS) is 10.9. The average Bonchev–Trinajstić information content (AvgIpc) is 2.65. The van der Waals surface area contributed by atoms with Crippen LogP contribution < -0.4 is 5.32 Å². The number of anilines is 1. The van der Waals surface area contributed by atoms with Crippen LogP contribution in [0.1, 0.15) is 40.6 Å². The summed E-state index contributed by atoms with van der Waals surface area (Å²) in [4.78, 5) is 2.81. The summed E-state index contributed by atoms with van der Waals surface area (Å²) in [5.74, 6) is 0.555. The van der Waals surface area contributed by atoms with Gasteiger partial charge in [-0.1, -0.05) is 32.0 Å². The summed E-state index contributed by atoms with van der Waals surface area (Å²) in [6.07, 6.45) is 0. The molecule has 2 aromatic rings. The first-order valence-corrected chi connectivity index (χ1v) is 7.28. The van der Waals surface area contributed by atoms with E-state index >= 15 is 0 Å². The summed E-state index contributed by atoms with van der Waals surface area (Å²) in [6, 6.07) is 10.9. The number of benzene rings is 1. The molecule has 0 bridgehead atoms. The molecular weight excluding hydrogens is 238 g/mol. The lowest BCUT2D eigenvalue weighted by atomic mass is 10.0. The van der Waals surface area contributed by atoms with Crippen LogP contribution in [0.3, 0.4) is 0 Å². The second-order valence-corrected chi connectivity index (χ2v) is 6.49. The van der Waals surface area contributed by atoms with Gasteiger partial charge in [-0.2, -0.15) is 0 Å². The molecule has 0 spiro atoms. The van der Waals surface area contributed by atoms with E-state index < -0.39 is 0 Å². The van der Waals surface area contributed by atoms with Crippen LogP contribution in [0.4, 0.5) is 5.69 Å². The Morgan fingerprint density at radius 1 is 1.17 bits per heavy atom. The molecule has 96 valence electrons. The summed E-state index contributed by atoms with van der Waals surface area (Å²) >= 11 is 1.87. The highest BCUT2D eigenvalue weighted by molar-refractivity contribution is 7.12. The summed E-state index contributed by atoms with van der Waals surface area (Å²) in [5.41, 5.74) is 4.06. The van der Waals surface area contributed by atoms with E-state index in [9.17, 15) is 0 Å². The molecule has 1 aromatic heterocycles. The average molecular weight is 259 g/mol. The van der Waals surface area contributed by atoms with Crippen LogP contribution in [0.5, 0.6) is 0 Å². The quantitative estimate of drug-likeness (QED) is 0.805. The van der Waals surface area contributed by atoms with Crippen molar-refractivity contribution in [2.24, 2.45) is 0 Å². The Bertz CT molecular complexity index is 526. The molecule has 1 aromatic carbocycles. The molecule has 0 saturated heterocycles. The molecule has 2 heteroatoms. The van der Waals surface area contributed by atoms with Crippen LogP contribution in [-0.2, 0) is 6.54 Å². The molecule has 0 aliphatic rings. The minimum atomic E-state index is 0.555. The Hall–Kier alpha value is -1.28. The fraction of sp³-hybridized carbons (Fsp3) is 0.375. The molecule has 0 saturated carbocycles. The topological polar surface area (TPSA) is 12.0 Å². The fourth-order valence-corrected chi connectivity index (χ4v) is 3.16. The van der Waals surface area contributed by atoms with Crippen molar-refractivity contribution >= 4 is 17.0 Å². The zero-order chi connectivity index (χ0) is 13.1. The minimum Gasteiger partial charge on any atom is -0.381 e. The van der Waals surface area contributed by atoms with Gasteiger partial charge in [-0.25, -0.2) is 0 Å². The first kappa shape index (κ1) is 13.2. The van der Waals surface area contributed by atoms with Gasteiger partial charge < -0.3 is 5.32 Å². The van der Waals surface area contributed by atoms with Gasteiger partial charge in [-0.3, -0.25) is 0 Å². The summed E-state index contributed by atoms with van der Waals surface area (Å²) in [7, 11) is 0. The predicted octanol–water partition coefficient (Wildman–Crippen LogP) is 5.10. The standard InChI is InChI=1S/C16H21NS/c1-11(2)15-7-5-6-8-16(15)17-10-14-9-12(3)18-13(14)4/h5-9,11,17H,10H2,1-4H3. The molecule has 0 unspecified atom stereocenters. The Morgan fingerprint density at radius 3 is 2.50 bits per heavy atom. The second kappa shape index (κ2) is 5.57. The van der Waals surface area contributed by atoms with Crippen molar-refractivity contribution in [3.05, 3.63) is 51.2 Å². The van der Waals surface area contributed by atoms with Gasteiger partial charge in [0.1, 0.15) is 0 Å². The van der Waals surface area contributed by atoms with Gasteiger partial charge in [0.2, 0.25) is 0 Å². The van der Waals surface area contributed by atoms with E-state index in [1.165, 1.54) is 26.6 Å². The number of rotatable bonds is 4. The maximum Gasteiger partial charge on any atom is 0.0411 e. The van der Waals surface area contributed by atoms with Crippen LogP contribution in [-0.4, -0.2) is 0 Å². The Labute approximate surface area is 114 Å². The number of aryl methyl sites for hydroxylation is 2. The first-order valence-electron chi connectivity index (χ1n) is 6.46. The lowest BCUT2D eigenvalue weighted by molar-refractivity contribution is 0.865. The van der Waals surface area contributed by atoms with Gasteiger partial charge in [-0.05, 0) is 43.0 Å². The third-order valence-corrected chi connectivity index (χ3v) is 4.20. The van der Waals surface area contributed by atoms with Crippen molar-refractivity contribution in [3.8, 4) is 0 Å². The highest BCUT2D eigenvalue weighted by Gasteiger charge is 2.07. The fourth-order valence-electron chi connectivity index (χ4n) is 2.21. The molecule has 2 rings (SSSR count). The van der Waals surface area contributed by atoms with Gasteiger partial charge in [0, 0.05) is 22.0 Å². The number of thiophene rings is 1. The molecule has 1 heterocycles. The third-order valence-electron chi connectivity index (χ3n) is 3.20. The maximum absolute atomic E-state index is 3.57. The highest BCUT2D eigenvalue weighted by atomic mass is 32.1. The number of hydrogen-bond acceptors (Lipinski definition) is 2. The summed E-state index contributed by atoms with van der Waals surface area (Å²) < 4.78 is 0. The minimum absolute atomic E-state index is 0.555. The van der Waals surface area contributed by atoms with Gasteiger partial charge in [-0.15, -0.1) is 11.3 Å². The Kier molecular flexibility index (Phi) is 4.07. The smallest absolute Gasteiger partial charge is 0.0411 e. The molecular formula is C16H21NS. The summed E-state index contributed by atoms with van der Waals surface area (Å²) in [5, 5.41) is 3.57.